The lowest BCUT2D eigenvalue weighted by atomic mass is 9.83. The summed E-state index contributed by atoms with van der Waals surface area (Å²) < 4.78 is 21.4. The van der Waals surface area contributed by atoms with Gasteiger partial charge in [-0.05, 0) is 17.5 Å². The van der Waals surface area contributed by atoms with E-state index in [1.807, 2.05) is 0 Å². The van der Waals surface area contributed by atoms with Crippen LogP contribution in [0.15, 0.2) is 18.2 Å². The molecule has 0 radical (unpaired) electrons. The molecule has 0 saturated carbocycles. The zero-order valence-corrected chi connectivity index (χ0v) is 16.0. The molecule has 0 unspecified atom stereocenters. The van der Waals surface area contributed by atoms with Crippen molar-refractivity contribution >= 4 is 17.6 Å². The number of nitrogens with zero attached hydrogens (tertiary/aromatic N) is 1. The fourth-order valence-corrected chi connectivity index (χ4v) is 3.03. The Bertz CT molecular complexity index is 751. The highest BCUT2D eigenvalue weighted by Gasteiger charge is 2.48. The van der Waals surface area contributed by atoms with Gasteiger partial charge in [-0.15, -0.1) is 0 Å². The summed E-state index contributed by atoms with van der Waals surface area (Å²) in [6.45, 7) is 4.35. The quantitative estimate of drug-likeness (QED) is 0.431. The highest BCUT2D eigenvalue weighted by atomic mass is 16.7. The number of esters is 2. The van der Waals surface area contributed by atoms with Crippen molar-refractivity contribution < 1.29 is 38.6 Å². The molecule has 1 aliphatic rings. The molecule has 1 aromatic rings. The first-order valence-corrected chi connectivity index (χ1v) is 8.64. The number of carbonyl (C=O) groups excluding carboxylic acids is 2. The summed E-state index contributed by atoms with van der Waals surface area (Å²) >= 11 is 0. The lowest BCUT2D eigenvalue weighted by Crippen LogP contribution is -2.55. The molecule has 1 N–H and O–H groups in total. The number of rotatable bonds is 6. The maximum Gasteiger partial charge on any atom is 0.335 e. The highest BCUT2D eigenvalue weighted by Crippen LogP contribution is 2.37. The SMILES string of the molecule is COC(=O)[C@H]1O[C@@H](Oc2ccc(CO)cc2[N+](=O)[O-])[C@H](OC(C)=O)[C@@H](C)[C@@H]1C. The van der Waals surface area contributed by atoms with Crippen LogP contribution in [0, 0.1) is 22.0 Å². The second-order valence-electron chi connectivity index (χ2n) is 6.58. The molecule has 1 aromatic carbocycles. The van der Waals surface area contributed by atoms with Crippen molar-refractivity contribution in [1.29, 1.82) is 0 Å². The Kier molecular flexibility index (Phi) is 6.92. The standard InChI is InChI=1S/C18H23NO9/c1-9-10(2)16(26-11(3)21)18(28-15(9)17(22)25-4)27-14-6-5-12(8-20)7-13(14)19(23)24/h5-7,9-10,15-16,18,20H,8H2,1-4H3/t9-,10-,15-,16+,18+/m0/s1. The predicted octanol–water partition coefficient (Wildman–Crippen LogP) is 1.57. The van der Waals surface area contributed by atoms with Crippen LogP contribution in [-0.2, 0) is 30.4 Å². The van der Waals surface area contributed by atoms with Crippen LogP contribution in [0.2, 0.25) is 0 Å². The van der Waals surface area contributed by atoms with Gasteiger partial charge in [0, 0.05) is 18.9 Å². The summed E-state index contributed by atoms with van der Waals surface area (Å²) in [5.41, 5.74) is -0.0628. The Morgan fingerprint density at radius 2 is 1.96 bits per heavy atom. The minimum absolute atomic E-state index is 0.144. The first kappa shape index (κ1) is 21.6. The third kappa shape index (κ3) is 4.57. The largest absolute Gasteiger partial charge is 0.467 e. The van der Waals surface area contributed by atoms with Crippen LogP contribution in [0.5, 0.6) is 5.75 Å². The summed E-state index contributed by atoms with van der Waals surface area (Å²) in [5, 5.41) is 20.6. The molecule has 1 saturated heterocycles. The number of hydrogen-bond acceptors (Lipinski definition) is 9. The van der Waals surface area contributed by atoms with Crippen LogP contribution in [0.1, 0.15) is 26.3 Å². The summed E-state index contributed by atoms with van der Waals surface area (Å²) in [6, 6.07) is 3.94. The number of methoxy groups -OCH3 is 1. The molecule has 0 bridgehead atoms. The van der Waals surface area contributed by atoms with Crippen LogP contribution >= 0.6 is 0 Å². The van der Waals surface area contributed by atoms with Gasteiger partial charge in [0.1, 0.15) is 0 Å². The van der Waals surface area contributed by atoms with E-state index >= 15 is 0 Å². The maximum atomic E-state index is 12.1. The number of hydrogen-bond donors (Lipinski definition) is 1. The molecule has 5 atom stereocenters. The molecule has 1 aliphatic heterocycles. The molecule has 0 amide bonds. The average Bonchev–Trinajstić information content (AvgIpc) is 2.66. The van der Waals surface area contributed by atoms with Crippen molar-refractivity contribution in [2.45, 2.75) is 45.9 Å². The molecule has 0 aliphatic carbocycles. The van der Waals surface area contributed by atoms with E-state index in [1.54, 1.807) is 13.8 Å². The first-order valence-electron chi connectivity index (χ1n) is 8.64. The molecule has 1 heterocycles. The van der Waals surface area contributed by atoms with Crippen LogP contribution in [-0.4, -0.2) is 47.6 Å². The second kappa shape index (κ2) is 8.98. The van der Waals surface area contributed by atoms with Gasteiger partial charge in [-0.25, -0.2) is 4.79 Å². The van der Waals surface area contributed by atoms with E-state index in [4.69, 9.17) is 18.9 Å². The Morgan fingerprint density at radius 3 is 2.50 bits per heavy atom. The second-order valence-corrected chi connectivity index (χ2v) is 6.58. The molecule has 28 heavy (non-hydrogen) atoms. The zero-order chi connectivity index (χ0) is 21.0. The van der Waals surface area contributed by atoms with Crippen molar-refractivity contribution in [3.63, 3.8) is 0 Å². The number of aliphatic hydroxyl groups excluding tert-OH is 1. The van der Waals surface area contributed by atoms with Gasteiger partial charge in [-0.2, -0.15) is 0 Å². The van der Waals surface area contributed by atoms with Gasteiger partial charge in [-0.1, -0.05) is 19.9 Å². The third-order valence-corrected chi connectivity index (χ3v) is 4.76. The third-order valence-electron chi connectivity index (χ3n) is 4.76. The monoisotopic (exact) mass is 397 g/mol. The number of ether oxygens (including phenoxy) is 4. The van der Waals surface area contributed by atoms with Gasteiger partial charge in [0.2, 0.25) is 6.29 Å². The molecule has 0 aromatic heterocycles. The highest BCUT2D eigenvalue weighted by molar-refractivity contribution is 5.75. The summed E-state index contributed by atoms with van der Waals surface area (Å²) in [5.74, 6) is -2.07. The van der Waals surface area contributed by atoms with Gasteiger partial charge in [0.15, 0.2) is 18.0 Å². The number of nitro groups is 1. The van der Waals surface area contributed by atoms with Crippen molar-refractivity contribution in [3.05, 3.63) is 33.9 Å². The number of nitro benzene ring substituents is 1. The fourth-order valence-electron chi connectivity index (χ4n) is 3.03. The van der Waals surface area contributed by atoms with Crippen LogP contribution in [0.3, 0.4) is 0 Å². The molecule has 154 valence electrons. The minimum atomic E-state index is -1.27. The van der Waals surface area contributed by atoms with Crippen molar-refractivity contribution in [1.82, 2.24) is 0 Å². The van der Waals surface area contributed by atoms with Crippen LogP contribution in [0.4, 0.5) is 5.69 Å². The molecule has 10 nitrogen and oxygen atoms in total. The first-order chi connectivity index (χ1) is 13.2. The van der Waals surface area contributed by atoms with Gasteiger partial charge < -0.3 is 24.1 Å². The molecule has 0 spiro atoms. The Morgan fingerprint density at radius 1 is 1.29 bits per heavy atom. The Labute approximate surface area is 161 Å². The fraction of sp³-hybridized carbons (Fsp3) is 0.556. The van der Waals surface area contributed by atoms with Crippen LogP contribution in [0.25, 0.3) is 0 Å². The van der Waals surface area contributed by atoms with E-state index in [0.717, 1.165) is 0 Å². The normalized spacial score (nSPS) is 27.0. The van der Waals surface area contributed by atoms with E-state index < -0.39 is 41.0 Å². The Balaban J connectivity index is 2.39. The number of aliphatic hydroxyl groups is 1. The maximum absolute atomic E-state index is 12.1. The van der Waals surface area contributed by atoms with Gasteiger partial charge in [0.25, 0.3) is 0 Å². The molecular formula is C18H23NO9. The smallest absolute Gasteiger partial charge is 0.335 e. The van der Waals surface area contributed by atoms with E-state index in [9.17, 15) is 24.8 Å². The molecular weight excluding hydrogens is 374 g/mol. The van der Waals surface area contributed by atoms with Crippen molar-refractivity contribution in [2.24, 2.45) is 11.8 Å². The van der Waals surface area contributed by atoms with Crippen molar-refractivity contribution in [3.8, 4) is 5.75 Å². The topological polar surface area (TPSA) is 134 Å². The zero-order valence-electron chi connectivity index (χ0n) is 16.0. The minimum Gasteiger partial charge on any atom is -0.467 e. The number of carbonyl (C=O) groups is 2. The summed E-state index contributed by atoms with van der Waals surface area (Å²) in [4.78, 5) is 34.3. The number of benzene rings is 1. The van der Waals surface area contributed by atoms with Gasteiger partial charge in [-0.3, -0.25) is 14.9 Å². The average molecular weight is 397 g/mol. The summed E-state index contributed by atoms with van der Waals surface area (Å²) in [6.07, 6.45) is -3.16. The van der Waals surface area contributed by atoms with E-state index in [1.165, 1.54) is 32.2 Å². The van der Waals surface area contributed by atoms with E-state index in [0.29, 0.717) is 5.56 Å². The van der Waals surface area contributed by atoms with Crippen LogP contribution < -0.4 is 4.74 Å². The van der Waals surface area contributed by atoms with E-state index in [-0.39, 0.29) is 24.2 Å². The van der Waals surface area contributed by atoms with Crippen molar-refractivity contribution in [2.75, 3.05) is 7.11 Å². The van der Waals surface area contributed by atoms with E-state index in [2.05, 4.69) is 0 Å². The molecule has 1 fully saturated rings. The molecule has 2 rings (SSSR count). The van der Waals surface area contributed by atoms with Gasteiger partial charge >= 0.3 is 17.6 Å². The molecule has 10 heteroatoms. The predicted molar refractivity (Wildman–Crippen MR) is 94.2 cm³/mol. The van der Waals surface area contributed by atoms with Gasteiger partial charge in [0.05, 0.1) is 18.6 Å². The summed E-state index contributed by atoms with van der Waals surface area (Å²) in [7, 11) is 1.22. The lowest BCUT2D eigenvalue weighted by molar-refractivity contribution is -0.387. The lowest BCUT2D eigenvalue weighted by Gasteiger charge is -2.42. The Hall–Kier alpha value is -2.72.